The number of fused-ring (bicyclic) bond motifs is 1. The number of imidazole rings is 1. The third-order valence-corrected chi connectivity index (χ3v) is 6.86. The Kier molecular flexibility index (Phi) is 6.77. The summed E-state index contributed by atoms with van der Waals surface area (Å²) in [5, 5.41) is 9.05. The molecule has 1 amide bonds. The Balaban J connectivity index is 1.18. The van der Waals surface area contributed by atoms with Gasteiger partial charge < -0.3 is 20.5 Å². The van der Waals surface area contributed by atoms with Crippen LogP contribution < -0.4 is 10.6 Å². The predicted molar refractivity (Wildman–Crippen MR) is 120 cm³/mol. The number of aromatic nitrogens is 2. The van der Waals surface area contributed by atoms with Crippen molar-refractivity contribution in [2.75, 3.05) is 55.8 Å². The number of nitrogens with two attached hydrogens (primary N) is 1. The van der Waals surface area contributed by atoms with Crippen LogP contribution in [0.3, 0.4) is 0 Å². The van der Waals surface area contributed by atoms with E-state index >= 15 is 0 Å². The van der Waals surface area contributed by atoms with Gasteiger partial charge in [-0.2, -0.15) is 5.26 Å². The van der Waals surface area contributed by atoms with Crippen LogP contribution in [0.15, 0.2) is 18.2 Å². The molecule has 2 aromatic rings. The molecule has 0 spiro atoms. The van der Waals surface area contributed by atoms with E-state index in [1.807, 2.05) is 23.1 Å². The predicted octanol–water partition coefficient (Wildman–Crippen LogP) is 1.59. The number of nitrogens with one attached hydrogen (secondary N) is 1. The van der Waals surface area contributed by atoms with Gasteiger partial charge in [-0.15, -0.1) is 11.8 Å². The number of piperazine rings is 1. The fourth-order valence-electron chi connectivity index (χ4n) is 4.04. The summed E-state index contributed by atoms with van der Waals surface area (Å²) in [6.07, 6.45) is 2.82. The largest absolute Gasteiger partial charge is 0.340 e. The standard InChI is InChI=1S/C21H29N7OS/c22-14-16-4-5-18-19(13-16)25-21(24-18)27-9-7-26(8-10-27)6-2-1-3-17(23)20(29)28-11-12-30-15-28/h4-5,13,17H,1-3,6-12,15,23H2,(H,24,25)/t17-/m0/s1. The summed E-state index contributed by atoms with van der Waals surface area (Å²) in [6.45, 7) is 5.73. The number of benzene rings is 1. The van der Waals surface area contributed by atoms with Crippen LogP contribution >= 0.6 is 11.8 Å². The molecule has 160 valence electrons. The van der Waals surface area contributed by atoms with Crippen LogP contribution in [0.4, 0.5) is 5.95 Å². The molecular formula is C21H29N7OS. The maximum Gasteiger partial charge on any atom is 0.240 e. The van der Waals surface area contributed by atoms with E-state index in [9.17, 15) is 4.79 Å². The van der Waals surface area contributed by atoms with Gasteiger partial charge in [-0.3, -0.25) is 9.69 Å². The third-order valence-electron chi connectivity index (χ3n) is 5.89. The number of carbonyl (C=O) groups is 1. The number of aromatic amines is 1. The van der Waals surface area contributed by atoms with Crippen molar-refractivity contribution >= 4 is 34.7 Å². The zero-order chi connectivity index (χ0) is 20.9. The summed E-state index contributed by atoms with van der Waals surface area (Å²) in [5.74, 6) is 2.81. The lowest BCUT2D eigenvalue weighted by molar-refractivity contribution is -0.131. The highest BCUT2D eigenvalue weighted by molar-refractivity contribution is 7.99. The number of carbonyl (C=O) groups excluding carboxylic acids is 1. The molecule has 30 heavy (non-hydrogen) atoms. The van der Waals surface area contributed by atoms with Gasteiger partial charge in [0, 0.05) is 38.5 Å². The fraction of sp³-hybridized carbons (Fsp3) is 0.571. The average molecular weight is 428 g/mol. The van der Waals surface area contributed by atoms with Crippen molar-refractivity contribution in [3.05, 3.63) is 23.8 Å². The first kappa shape index (κ1) is 21.0. The summed E-state index contributed by atoms with van der Waals surface area (Å²) < 4.78 is 0. The van der Waals surface area contributed by atoms with Crippen molar-refractivity contribution in [3.8, 4) is 6.07 Å². The smallest absolute Gasteiger partial charge is 0.240 e. The zero-order valence-corrected chi connectivity index (χ0v) is 18.0. The van der Waals surface area contributed by atoms with Gasteiger partial charge >= 0.3 is 0 Å². The van der Waals surface area contributed by atoms with E-state index in [-0.39, 0.29) is 11.9 Å². The zero-order valence-electron chi connectivity index (χ0n) is 17.2. The molecule has 1 aromatic carbocycles. The second kappa shape index (κ2) is 9.69. The highest BCUT2D eigenvalue weighted by atomic mass is 32.2. The maximum absolute atomic E-state index is 12.3. The van der Waals surface area contributed by atoms with E-state index in [0.29, 0.717) is 5.56 Å². The van der Waals surface area contributed by atoms with Crippen LogP contribution in [0.5, 0.6) is 0 Å². The Labute approximate surface area is 181 Å². The molecule has 2 fully saturated rings. The molecule has 2 saturated heterocycles. The number of thioether (sulfide) groups is 1. The minimum absolute atomic E-state index is 0.112. The Morgan fingerprint density at radius 2 is 2.10 bits per heavy atom. The second-order valence-corrected chi connectivity index (χ2v) is 9.05. The number of H-pyrrole nitrogens is 1. The Bertz CT molecular complexity index is 910. The molecule has 1 aromatic heterocycles. The lowest BCUT2D eigenvalue weighted by Crippen LogP contribution is -2.47. The number of nitrogens with zero attached hydrogens (tertiary/aromatic N) is 5. The highest BCUT2D eigenvalue weighted by Gasteiger charge is 2.24. The third kappa shape index (κ3) is 4.89. The number of unbranched alkanes of at least 4 members (excludes halogenated alkanes) is 1. The highest BCUT2D eigenvalue weighted by Crippen LogP contribution is 2.20. The number of hydrogen-bond acceptors (Lipinski definition) is 7. The van der Waals surface area contributed by atoms with Gasteiger partial charge in [0.15, 0.2) is 0 Å². The number of amides is 1. The minimum Gasteiger partial charge on any atom is -0.340 e. The normalized spacial score (nSPS) is 18.7. The van der Waals surface area contributed by atoms with Crippen LogP contribution in [0.1, 0.15) is 24.8 Å². The molecular weight excluding hydrogens is 398 g/mol. The van der Waals surface area contributed by atoms with E-state index < -0.39 is 0 Å². The van der Waals surface area contributed by atoms with Gasteiger partial charge in [-0.1, -0.05) is 6.42 Å². The van der Waals surface area contributed by atoms with Gasteiger partial charge in [-0.05, 0) is 37.6 Å². The molecule has 8 nitrogen and oxygen atoms in total. The number of hydrogen-bond donors (Lipinski definition) is 2. The van der Waals surface area contributed by atoms with Crippen LogP contribution in [0.2, 0.25) is 0 Å². The summed E-state index contributed by atoms with van der Waals surface area (Å²) in [5.41, 5.74) is 8.53. The van der Waals surface area contributed by atoms with E-state index in [1.165, 1.54) is 0 Å². The first-order valence-electron chi connectivity index (χ1n) is 10.6. The number of rotatable bonds is 7. The molecule has 1 atom stereocenters. The molecule has 2 aliphatic rings. The minimum atomic E-state index is -0.352. The van der Waals surface area contributed by atoms with E-state index in [2.05, 4.69) is 25.8 Å². The van der Waals surface area contributed by atoms with Crippen molar-refractivity contribution in [3.63, 3.8) is 0 Å². The SMILES string of the molecule is N#Cc1ccc2[nH]c(N3CCN(CCCC[C@H](N)C(=O)N4CCSC4)CC3)nc2c1. The van der Waals surface area contributed by atoms with E-state index in [1.54, 1.807) is 11.8 Å². The topological polar surface area (TPSA) is 105 Å². The van der Waals surface area contributed by atoms with Gasteiger partial charge in [0.05, 0.1) is 34.6 Å². The van der Waals surface area contributed by atoms with Crippen LogP contribution in [0.25, 0.3) is 11.0 Å². The fourth-order valence-corrected chi connectivity index (χ4v) is 5.00. The summed E-state index contributed by atoms with van der Waals surface area (Å²) in [7, 11) is 0. The van der Waals surface area contributed by atoms with Crippen LogP contribution in [0, 0.1) is 11.3 Å². The average Bonchev–Trinajstić information content (AvgIpc) is 3.46. The maximum atomic E-state index is 12.3. The lowest BCUT2D eigenvalue weighted by Gasteiger charge is -2.34. The summed E-state index contributed by atoms with van der Waals surface area (Å²) >= 11 is 1.80. The van der Waals surface area contributed by atoms with Crippen molar-refractivity contribution in [2.24, 2.45) is 5.73 Å². The number of anilines is 1. The van der Waals surface area contributed by atoms with Gasteiger partial charge in [-0.25, -0.2) is 4.98 Å². The monoisotopic (exact) mass is 427 g/mol. The summed E-state index contributed by atoms with van der Waals surface area (Å²) in [4.78, 5) is 26.9. The summed E-state index contributed by atoms with van der Waals surface area (Å²) in [6, 6.07) is 7.36. The molecule has 0 bridgehead atoms. The second-order valence-electron chi connectivity index (χ2n) is 7.97. The van der Waals surface area contributed by atoms with Crippen LogP contribution in [-0.4, -0.2) is 82.6 Å². The molecule has 0 saturated carbocycles. The van der Waals surface area contributed by atoms with Crippen molar-refractivity contribution in [2.45, 2.75) is 25.3 Å². The van der Waals surface area contributed by atoms with E-state index in [0.717, 1.165) is 87.1 Å². The quantitative estimate of drug-likeness (QED) is 0.647. The van der Waals surface area contributed by atoms with Gasteiger partial charge in [0.1, 0.15) is 0 Å². The Morgan fingerprint density at radius 1 is 1.27 bits per heavy atom. The van der Waals surface area contributed by atoms with Crippen molar-refractivity contribution < 1.29 is 4.79 Å². The van der Waals surface area contributed by atoms with E-state index in [4.69, 9.17) is 11.0 Å². The number of nitriles is 1. The molecule has 4 rings (SSSR count). The van der Waals surface area contributed by atoms with Gasteiger partial charge in [0.25, 0.3) is 0 Å². The molecule has 3 N–H and O–H groups in total. The molecule has 0 radical (unpaired) electrons. The Morgan fingerprint density at radius 3 is 2.83 bits per heavy atom. The molecule has 0 aliphatic carbocycles. The van der Waals surface area contributed by atoms with Crippen molar-refractivity contribution in [1.29, 1.82) is 5.26 Å². The molecule has 3 heterocycles. The Hall–Kier alpha value is -2.28. The molecule has 0 unspecified atom stereocenters. The molecule has 2 aliphatic heterocycles. The van der Waals surface area contributed by atoms with Gasteiger partial charge in [0.2, 0.25) is 11.9 Å². The van der Waals surface area contributed by atoms with Crippen LogP contribution in [-0.2, 0) is 4.79 Å². The van der Waals surface area contributed by atoms with Crippen molar-refractivity contribution in [1.82, 2.24) is 19.8 Å². The lowest BCUT2D eigenvalue weighted by atomic mass is 10.1. The first-order valence-corrected chi connectivity index (χ1v) is 11.8. The first-order chi connectivity index (χ1) is 14.6. The molecule has 9 heteroatoms.